The summed E-state index contributed by atoms with van der Waals surface area (Å²) >= 11 is 0. The fourth-order valence-corrected chi connectivity index (χ4v) is 2.58. The topological polar surface area (TPSA) is 94.4 Å². The van der Waals surface area contributed by atoms with Gasteiger partial charge in [-0.15, -0.1) is 0 Å². The zero-order chi connectivity index (χ0) is 18.0. The Morgan fingerprint density at radius 3 is 2.88 bits per heavy atom. The summed E-state index contributed by atoms with van der Waals surface area (Å²) in [6, 6.07) is 9.41. The van der Waals surface area contributed by atoms with E-state index < -0.39 is 4.92 Å². The van der Waals surface area contributed by atoms with Crippen molar-refractivity contribution < 1.29 is 14.1 Å². The summed E-state index contributed by atoms with van der Waals surface area (Å²) < 4.78 is 7.35. The molecule has 8 heteroatoms. The molecule has 0 N–H and O–H groups in total. The monoisotopic (exact) mass is 342 g/mol. The molecule has 1 atom stereocenters. The van der Waals surface area contributed by atoms with Gasteiger partial charge in [0.1, 0.15) is 17.5 Å². The van der Waals surface area contributed by atoms with Crippen LogP contribution in [-0.4, -0.2) is 32.3 Å². The van der Waals surface area contributed by atoms with Gasteiger partial charge in [0.2, 0.25) is 12.2 Å². The van der Waals surface area contributed by atoms with E-state index >= 15 is 0 Å². The smallest absolute Gasteiger partial charge is 0.381 e. The van der Waals surface area contributed by atoms with Crippen LogP contribution in [0.25, 0.3) is 11.0 Å². The molecule has 0 fully saturated rings. The number of rotatable bonds is 6. The highest BCUT2D eigenvalue weighted by molar-refractivity contribution is 5.79. The van der Waals surface area contributed by atoms with Crippen molar-refractivity contribution in [2.45, 2.75) is 25.9 Å². The van der Waals surface area contributed by atoms with Crippen molar-refractivity contribution in [2.24, 2.45) is 0 Å². The fraction of sp³-hybridized carbons (Fsp3) is 0.294. The molecule has 0 aliphatic rings. The number of benzene rings is 1. The van der Waals surface area contributed by atoms with Crippen LogP contribution < -0.4 is 0 Å². The van der Waals surface area contributed by atoms with Crippen LogP contribution in [0.4, 0.5) is 5.82 Å². The van der Waals surface area contributed by atoms with Crippen molar-refractivity contribution in [3.05, 3.63) is 58.7 Å². The summed E-state index contributed by atoms with van der Waals surface area (Å²) in [5.74, 6) is 0.413. The van der Waals surface area contributed by atoms with Crippen LogP contribution in [0.5, 0.6) is 0 Å². The van der Waals surface area contributed by atoms with Gasteiger partial charge in [0.05, 0.1) is 6.04 Å². The summed E-state index contributed by atoms with van der Waals surface area (Å²) in [4.78, 5) is 27.8. The highest BCUT2D eigenvalue weighted by Gasteiger charge is 2.21. The number of hydrogen-bond acceptors (Lipinski definition) is 5. The zero-order valence-electron chi connectivity index (χ0n) is 14.0. The van der Waals surface area contributed by atoms with Crippen LogP contribution in [0.3, 0.4) is 0 Å². The Kier molecular flexibility index (Phi) is 4.51. The number of aromatic nitrogens is 2. The van der Waals surface area contributed by atoms with Gasteiger partial charge in [0.15, 0.2) is 0 Å². The lowest BCUT2D eigenvalue weighted by Gasteiger charge is -2.23. The van der Waals surface area contributed by atoms with E-state index in [1.807, 2.05) is 37.3 Å². The number of nitrogens with zero attached hydrogens (tertiary/aromatic N) is 4. The van der Waals surface area contributed by atoms with Gasteiger partial charge in [0.25, 0.3) is 0 Å². The van der Waals surface area contributed by atoms with Gasteiger partial charge in [-0.25, -0.2) is 0 Å². The third kappa shape index (κ3) is 3.52. The largest absolute Gasteiger partial charge is 0.459 e. The second-order valence-corrected chi connectivity index (χ2v) is 5.84. The fourth-order valence-electron chi connectivity index (χ4n) is 2.58. The standard InChI is InChI=1S/C17H18N4O4/c1-12(15-9-13-5-3-4-6-14(13)25-15)19(2)17(22)7-8-20-10-16(18-11-20)21(23)24/h3-6,9-12H,7-8H2,1-2H3/t12-/m0/s1. The second-order valence-electron chi connectivity index (χ2n) is 5.84. The molecule has 3 rings (SSSR count). The number of amides is 1. The minimum atomic E-state index is -0.561. The molecule has 0 saturated carbocycles. The molecule has 0 unspecified atom stereocenters. The van der Waals surface area contributed by atoms with E-state index in [2.05, 4.69) is 4.98 Å². The highest BCUT2D eigenvalue weighted by Crippen LogP contribution is 2.27. The van der Waals surface area contributed by atoms with E-state index in [1.54, 1.807) is 11.9 Å². The molecule has 0 aliphatic carbocycles. The minimum Gasteiger partial charge on any atom is -0.459 e. The number of imidazole rings is 1. The summed E-state index contributed by atoms with van der Waals surface area (Å²) in [7, 11) is 1.72. The maximum absolute atomic E-state index is 12.4. The molecule has 3 aromatic rings. The molecular formula is C17H18N4O4. The number of aryl methyl sites for hydroxylation is 1. The Balaban J connectivity index is 1.63. The number of hydrogen-bond donors (Lipinski definition) is 0. The molecule has 0 spiro atoms. The van der Waals surface area contributed by atoms with Crippen LogP contribution in [0.15, 0.2) is 47.3 Å². The van der Waals surface area contributed by atoms with Crippen LogP contribution in [0, 0.1) is 10.1 Å². The average molecular weight is 342 g/mol. The Bertz CT molecular complexity index is 881. The Labute approximate surface area is 143 Å². The molecule has 2 heterocycles. The van der Waals surface area contributed by atoms with Gasteiger partial charge in [0, 0.05) is 25.4 Å². The van der Waals surface area contributed by atoms with Crippen LogP contribution in [0.1, 0.15) is 25.1 Å². The minimum absolute atomic E-state index is 0.0793. The molecule has 1 amide bonds. The zero-order valence-corrected chi connectivity index (χ0v) is 14.0. The molecule has 0 bridgehead atoms. The molecule has 0 aliphatic heterocycles. The number of nitro groups is 1. The van der Waals surface area contributed by atoms with Crippen LogP contribution >= 0.6 is 0 Å². The first-order valence-corrected chi connectivity index (χ1v) is 7.86. The third-order valence-electron chi connectivity index (χ3n) is 4.22. The second kappa shape index (κ2) is 6.76. The summed E-state index contributed by atoms with van der Waals surface area (Å²) in [6.45, 7) is 2.23. The van der Waals surface area contributed by atoms with Gasteiger partial charge in [-0.05, 0) is 29.0 Å². The Morgan fingerprint density at radius 1 is 1.44 bits per heavy atom. The molecule has 8 nitrogen and oxygen atoms in total. The van der Waals surface area contributed by atoms with Crippen molar-refractivity contribution in [1.82, 2.24) is 14.5 Å². The lowest BCUT2D eigenvalue weighted by Crippen LogP contribution is -2.30. The Morgan fingerprint density at radius 2 is 2.20 bits per heavy atom. The van der Waals surface area contributed by atoms with Crippen molar-refractivity contribution in [2.75, 3.05) is 7.05 Å². The average Bonchev–Trinajstić information content (AvgIpc) is 3.24. The highest BCUT2D eigenvalue weighted by atomic mass is 16.6. The van der Waals surface area contributed by atoms with Crippen LogP contribution in [0.2, 0.25) is 0 Å². The van der Waals surface area contributed by atoms with Crippen molar-refractivity contribution in [3.63, 3.8) is 0 Å². The van der Waals surface area contributed by atoms with Gasteiger partial charge in [-0.1, -0.05) is 18.2 Å². The number of carbonyl (C=O) groups excluding carboxylic acids is 1. The number of para-hydroxylation sites is 1. The lowest BCUT2D eigenvalue weighted by atomic mass is 10.2. The molecule has 2 aromatic heterocycles. The molecule has 130 valence electrons. The van der Waals surface area contributed by atoms with E-state index in [4.69, 9.17) is 4.42 Å². The first-order valence-electron chi connectivity index (χ1n) is 7.86. The van der Waals surface area contributed by atoms with Crippen molar-refractivity contribution >= 4 is 22.7 Å². The van der Waals surface area contributed by atoms with E-state index in [-0.39, 0.29) is 24.2 Å². The van der Waals surface area contributed by atoms with Gasteiger partial charge < -0.3 is 24.0 Å². The van der Waals surface area contributed by atoms with E-state index in [1.165, 1.54) is 17.1 Å². The molecule has 25 heavy (non-hydrogen) atoms. The SMILES string of the molecule is C[C@@H](c1cc2ccccc2o1)N(C)C(=O)CCn1cnc([N+](=O)[O-])c1. The number of fused-ring (bicyclic) bond motifs is 1. The number of carbonyl (C=O) groups is 1. The van der Waals surface area contributed by atoms with E-state index in [9.17, 15) is 14.9 Å². The molecular weight excluding hydrogens is 324 g/mol. The maximum atomic E-state index is 12.4. The number of furan rings is 1. The maximum Gasteiger partial charge on any atom is 0.381 e. The predicted molar refractivity (Wildman–Crippen MR) is 90.9 cm³/mol. The normalized spacial score (nSPS) is 12.2. The summed E-state index contributed by atoms with van der Waals surface area (Å²) in [6.07, 6.45) is 2.89. The van der Waals surface area contributed by atoms with Crippen molar-refractivity contribution in [3.8, 4) is 0 Å². The summed E-state index contributed by atoms with van der Waals surface area (Å²) in [5, 5.41) is 11.6. The third-order valence-corrected chi connectivity index (χ3v) is 4.22. The van der Waals surface area contributed by atoms with Gasteiger partial charge >= 0.3 is 5.82 Å². The van der Waals surface area contributed by atoms with E-state index in [0.717, 1.165) is 16.7 Å². The quantitative estimate of drug-likeness (QED) is 0.506. The Hall–Kier alpha value is -3.16. The van der Waals surface area contributed by atoms with E-state index in [0.29, 0.717) is 6.54 Å². The molecule has 1 aromatic carbocycles. The first kappa shape index (κ1) is 16.7. The predicted octanol–water partition coefficient (Wildman–Crippen LogP) is 3.15. The van der Waals surface area contributed by atoms with Gasteiger partial charge in [-0.2, -0.15) is 0 Å². The van der Waals surface area contributed by atoms with Gasteiger partial charge in [-0.3, -0.25) is 4.79 Å². The summed E-state index contributed by atoms with van der Waals surface area (Å²) in [5.41, 5.74) is 0.788. The first-order chi connectivity index (χ1) is 12.0. The lowest BCUT2D eigenvalue weighted by molar-refractivity contribution is -0.389. The van der Waals surface area contributed by atoms with Crippen LogP contribution in [-0.2, 0) is 11.3 Å². The molecule has 0 saturated heterocycles. The van der Waals surface area contributed by atoms with Crippen molar-refractivity contribution in [1.29, 1.82) is 0 Å². The molecule has 0 radical (unpaired) electrons.